The summed E-state index contributed by atoms with van der Waals surface area (Å²) in [6.45, 7) is 0. The normalized spacial score (nSPS) is 11.4. The summed E-state index contributed by atoms with van der Waals surface area (Å²) in [6.07, 6.45) is 2.89. The van der Waals surface area contributed by atoms with Crippen molar-refractivity contribution in [2.24, 2.45) is 0 Å². The van der Waals surface area contributed by atoms with Gasteiger partial charge in [-0.25, -0.2) is 13.4 Å². The Morgan fingerprint density at radius 2 is 1.95 bits per heavy atom. The standard InChI is InChI=1S/C13H10N2O3S2/c16-20(17,15-10-4-2-1-3-5-10)11-6-9-19-12(11)13-14-7-8-18-13/h1-9,15H. The number of oxazole rings is 1. The van der Waals surface area contributed by atoms with Crippen LogP contribution in [0, 0.1) is 0 Å². The molecule has 0 saturated heterocycles. The van der Waals surface area contributed by atoms with Gasteiger partial charge < -0.3 is 4.42 Å². The smallest absolute Gasteiger partial charge is 0.263 e. The molecule has 102 valence electrons. The van der Waals surface area contributed by atoms with Crippen LogP contribution in [0.15, 0.2) is 63.6 Å². The molecule has 20 heavy (non-hydrogen) atoms. The lowest BCUT2D eigenvalue weighted by molar-refractivity contribution is 0.572. The van der Waals surface area contributed by atoms with Gasteiger partial charge in [0.1, 0.15) is 16.0 Å². The van der Waals surface area contributed by atoms with E-state index in [-0.39, 0.29) is 4.90 Å². The number of anilines is 1. The fraction of sp³-hybridized carbons (Fsp3) is 0. The second kappa shape index (κ2) is 5.10. The number of thiophene rings is 1. The second-order valence-corrected chi connectivity index (χ2v) is 6.49. The van der Waals surface area contributed by atoms with Crippen molar-refractivity contribution in [3.05, 3.63) is 54.2 Å². The van der Waals surface area contributed by atoms with Crippen molar-refractivity contribution in [1.82, 2.24) is 4.98 Å². The Balaban J connectivity index is 1.99. The fourth-order valence-electron chi connectivity index (χ4n) is 1.72. The maximum Gasteiger partial charge on any atom is 0.263 e. The van der Waals surface area contributed by atoms with E-state index >= 15 is 0 Å². The Morgan fingerprint density at radius 1 is 1.15 bits per heavy atom. The van der Waals surface area contributed by atoms with Crippen LogP contribution in [0.1, 0.15) is 0 Å². The molecule has 0 bridgehead atoms. The van der Waals surface area contributed by atoms with E-state index < -0.39 is 10.0 Å². The predicted octanol–water partition coefficient (Wildman–Crippen LogP) is 3.20. The lowest BCUT2D eigenvalue weighted by Gasteiger charge is -2.07. The molecule has 0 spiro atoms. The number of sulfonamides is 1. The largest absolute Gasteiger partial charge is 0.444 e. The lowest BCUT2D eigenvalue weighted by atomic mass is 10.3. The third-order valence-electron chi connectivity index (χ3n) is 2.57. The average molecular weight is 306 g/mol. The topological polar surface area (TPSA) is 72.2 Å². The van der Waals surface area contributed by atoms with Crippen LogP contribution in [0.25, 0.3) is 10.8 Å². The minimum atomic E-state index is -3.67. The maximum atomic E-state index is 12.4. The Hall–Kier alpha value is -2.12. The summed E-state index contributed by atoms with van der Waals surface area (Å²) in [5.41, 5.74) is 0.511. The molecule has 0 amide bonds. The zero-order chi connectivity index (χ0) is 14.0. The molecular formula is C13H10N2O3S2. The molecule has 0 fully saturated rings. The van der Waals surface area contributed by atoms with Gasteiger partial charge in [0.25, 0.3) is 10.0 Å². The number of rotatable bonds is 4. The van der Waals surface area contributed by atoms with Crippen LogP contribution in [0.5, 0.6) is 0 Å². The van der Waals surface area contributed by atoms with E-state index in [1.807, 2.05) is 6.07 Å². The molecule has 3 rings (SSSR count). The number of hydrogen-bond acceptors (Lipinski definition) is 5. The summed E-state index contributed by atoms with van der Waals surface area (Å²) in [6, 6.07) is 10.3. The highest BCUT2D eigenvalue weighted by Gasteiger charge is 2.23. The third kappa shape index (κ3) is 2.45. The van der Waals surface area contributed by atoms with E-state index in [9.17, 15) is 8.42 Å². The van der Waals surface area contributed by atoms with Gasteiger partial charge in [-0.15, -0.1) is 11.3 Å². The summed E-state index contributed by atoms with van der Waals surface area (Å²) in [5, 5.41) is 1.69. The van der Waals surface area contributed by atoms with Crippen molar-refractivity contribution in [2.75, 3.05) is 4.72 Å². The van der Waals surface area contributed by atoms with E-state index in [1.165, 1.54) is 29.9 Å². The van der Waals surface area contributed by atoms with Gasteiger partial charge in [0, 0.05) is 5.69 Å². The summed E-state index contributed by atoms with van der Waals surface area (Å²) >= 11 is 1.27. The van der Waals surface area contributed by atoms with Gasteiger partial charge >= 0.3 is 0 Å². The van der Waals surface area contributed by atoms with Crippen LogP contribution in [0.4, 0.5) is 5.69 Å². The minimum absolute atomic E-state index is 0.161. The Labute approximate surface area is 120 Å². The third-order valence-corrected chi connectivity index (χ3v) is 5.03. The minimum Gasteiger partial charge on any atom is -0.444 e. The van der Waals surface area contributed by atoms with Crippen LogP contribution in [0.3, 0.4) is 0 Å². The van der Waals surface area contributed by atoms with Crippen molar-refractivity contribution in [3.8, 4) is 10.8 Å². The highest BCUT2D eigenvalue weighted by atomic mass is 32.2. The quantitative estimate of drug-likeness (QED) is 0.803. The molecule has 1 aromatic carbocycles. The molecule has 0 radical (unpaired) electrons. The molecule has 2 heterocycles. The van der Waals surface area contributed by atoms with Gasteiger partial charge in [-0.2, -0.15) is 0 Å². The van der Waals surface area contributed by atoms with Crippen molar-refractivity contribution in [3.63, 3.8) is 0 Å². The number of nitrogens with zero attached hydrogens (tertiary/aromatic N) is 1. The van der Waals surface area contributed by atoms with Crippen LogP contribution in [0.2, 0.25) is 0 Å². The van der Waals surface area contributed by atoms with Gasteiger partial charge in [0.15, 0.2) is 0 Å². The molecule has 0 aliphatic carbocycles. The van der Waals surface area contributed by atoms with Crippen LogP contribution in [-0.2, 0) is 10.0 Å². The number of nitrogens with one attached hydrogen (secondary N) is 1. The van der Waals surface area contributed by atoms with Gasteiger partial charge in [-0.3, -0.25) is 4.72 Å². The zero-order valence-corrected chi connectivity index (χ0v) is 11.8. The Kier molecular flexibility index (Phi) is 3.29. The van der Waals surface area contributed by atoms with Gasteiger partial charge in [-0.05, 0) is 23.6 Å². The van der Waals surface area contributed by atoms with Crippen LogP contribution < -0.4 is 4.72 Å². The van der Waals surface area contributed by atoms with Crippen molar-refractivity contribution >= 4 is 27.0 Å². The number of benzene rings is 1. The van der Waals surface area contributed by atoms with Gasteiger partial charge in [0.2, 0.25) is 5.89 Å². The first-order chi connectivity index (χ1) is 9.67. The summed E-state index contributed by atoms with van der Waals surface area (Å²) < 4.78 is 32.5. The van der Waals surface area contributed by atoms with E-state index in [4.69, 9.17) is 4.42 Å². The molecular weight excluding hydrogens is 296 g/mol. The summed E-state index contributed by atoms with van der Waals surface area (Å²) in [5.74, 6) is 0.299. The monoisotopic (exact) mass is 306 g/mol. The van der Waals surface area contributed by atoms with E-state index in [2.05, 4.69) is 9.71 Å². The summed E-state index contributed by atoms with van der Waals surface area (Å²) in [7, 11) is -3.67. The van der Waals surface area contributed by atoms with E-state index in [0.29, 0.717) is 16.5 Å². The summed E-state index contributed by atoms with van der Waals surface area (Å²) in [4.78, 5) is 4.64. The molecule has 3 aromatic rings. The second-order valence-electron chi connectivity index (χ2n) is 3.92. The molecule has 0 atom stereocenters. The van der Waals surface area contributed by atoms with Crippen LogP contribution >= 0.6 is 11.3 Å². The molecule has 0 aliphatic rings. The maximum absolute atomic E-state index is 12.4. The highest BCUT2D eigenvalue weighted by molar-refractivity contribution is 7.93. The highest BCUT2D eigenvalue weighted by Crippen LogP contribution is 2.32. The molecule has 2 aromatic heterocycles. The van der Waals surface area contributed by atoms with Crippen molar-refractivity contribution in [1.29, 1.82) is 0 Å². The lowest BCUT2D eigenvalue weighted by Crippen LogP contribution is -2.12. The van der Waals surface area contributed by atoms with E-state index in [0.717, 1.165) is 0 Å². The van der Waals surface area contributed by atoms with Gasteiger partial charge in [0.05, 0.1) is 6.20 Å². The first-order valence-electron chi connectivity index (χ1n) is 5.72. The van der Waals surface area contributed by atoms with Crippen LogP contribution in [-0.4, -0.2) is 13.4 Å². The number of hydrogen-bond donors (Lipinski definition) is 1. The molecule has 0 unspecified atom stereocenters. The van der Waals surface area contributed by atoms with Crippen molar-refractivity contribution < 1.29 is 12.8 Å². The predicted molar refractivity (Wildman–Crippen MR) is 77.1 cm³/mol. The Morgan fingerprint density at radius 3 is 2.65 bits per heavy atom. The Bertz CT molecular complexity index is 793. The SMILES string of the molecule is O=S(=O)(Nc1ccccc1)c1ccsc1-c1ncco1. The molecule has 1 N–H and O–H groups in total. The molecule has 7 heteroatoms. The van der Waals surface area contributed by atoms with E-state index in [1.54, 1.807) is 29.6 Å². The van der Waals surface area contributed by atoms with Gasteiger partial charge in [-0.1, -0.05) is 18.2 Å². The molecule has 0 saturated carbocycles. The zero-order valence-electron chi connectivity index (χ0n) is 10.2. The average Bonchev–Trinajstić information content (AvgIpc) is 3.10. The molecule has 5 nitrogen and oxygen atoms in total. The first-order valence-corrected chi connectivity index (χ1v) is 8.08. The first kappa shape index (κ1) is 12.9. The van der Waals surface area contributed by atoms with Crippen molar-refractivity contribution in [2.45, 2.75) is 4.90 Å². The fourth-order valence-corrected chi connectivity index (χ4v) is 4.14. The molecule has 0 aliphatic heterocycles. The number of aromatic nitrogens is 1. The number of para-hydroxylation sites is 1.